The maximum atomic E-state index is 12.7. The Bertz CT molecular complexity index is 1050. The largest absolute Gasteiger partial charge is 0.393 e. The number of aryl methyl sites for hydroxylation is 2. The fourth-order valence-electron chi connectivity index (χ4n) is 6.11. The molecule has 1 aliphatic heterocycles. The molecule has 0 N–H and O–H groups in total. The summed E-state index contributed by atoms with van der Waals surface area (Å²) in [6, 6.07) is 12.9. The molecule has 4 atom stereocenters. The van der Waals surface area contributed by atoms with Crippen LogP contribution in [0.2, 0.25) is 0 Å². The molecule has 0 bridgehead atoms. The Kier molecular flexibility index (Phi) is 3.98. The predicted octanol–water partition coefficient (Wildman–Crippen LogP) is 5.58. The fraction of sp³-hybridized carbons (Fsp3) is 0.333. The number of cyclic esters (lactones) is 2. The summed E-state index contributed by atoms with van der Waals surface area (Å²) in [4.78, 5) is 25.5. The van der Waals surface area contributed by atoms with E-state index in [4.69, 9.17) is 4.74 Å². The van der Waals surface area contributed by atoms with Crippen LogP contribution in [0.5, 0.6) is 0 Å². The van der Waals surface area contributed by atoms with Crippen molar-refractivity contribution in [3.63, 3.8) is 0 Å². The van der Waals surface area contributed by atoms with Crippen LogP contribution in [0.4, 0.5) is 0 Å². The van der Waals surface area contributed by atoms with Gasteiger partial charge in [-0.25, -0.2) is 0 Å². The number of carbonyl (C=O) groups excluding carboxylic acids is 2. The van der Waals surface area contributed by atoms with Crippen LogP contribution >= 0.6 is 31.9 Å². The summed E-state index contributed by atoms with van der Waals surface area (Å²) in [7, 11) is 0. The van der Waals surface area contributed by atoms with Crippen molar-refractivity contribution in [3.8, 4) is 0 Å². The molecule has 29 heavy (non-hydrogen) atoms. The second-order valence-electron chi connectivity index (χ2n) is 8.51. The van der Waals surface area contributed by atoms with Gasteiger partial charge < -0.3 is 4.74 Å². The highest BCUT2D eigenvalue weighted by Gasteiger charge is 2.58. The van der Waals surface area contributed by atoms with Gasteiger partial charge in [0, 0.05) is 8.95 Å². The molecule has 1 fully saturated rings. The minimum atomic E-state index is -0.341. The number of halogens is 2. The summed E-state index contributed by atoms with van der Waals surface area (Å²) < 4.78 is 7.29. The molecule has 3 aliphatic carbocycles. The quantitative estimate of drug-likeness (QED) is 0.341. The third-order valence-corrected chi connectivity index (χ3v) is 8.19. The smallest absolute Gasteiger partial charge is 0.318 e. The van der Waals surface area contributed by atoms with Crippen molar-refractivity contribution in [1.82, 2.24) is 0 Å². The van der Waals surface area contributed by atoms with Gasteiger partial charge in [0.05, 0.1) is 11.8 Å². The molecule has 0 spiro atoms. The highest BCUT2D eigenvalue weighted by atomic mass is 79.9. The van der Waals surface area contributed by atoms with E-state index >= 15 is 0 Å². The summed E-state index contributed by atoms with van der Waals surface area (Å²) >= 11 is 7.28. The first-order valence-electron chi connectivity index (χ1n) is 10.1. The maximum Gasteiger partial charge on any atom is 0.318 e. The van der Waals surface area contributed by atoms with Crippen LogP contribution in [0.3, 0.4) is 0 Å². The number of rotatable bonds is 0. The Morgan fingerprint density at radius 3 is 1.62 bits per heavy atom. The number of fused-ring (bicyclic) bond motifs is 9. The molecular formula is C24H18Br2O3. The fourth-order valence-corrected chi connectivity index (χ4v) is 6.83. The van der Waals surface area contributed by atoms with Gasteiger partial charge in [0.25, 0.3) is 0 Å². The second kappa shape index (κ2) is 6.39. The molecule has 0 aromatic heterocycles. The van der Waals surface area contributed by atoms with E-state index in [9.17, 15) is 9.59 Å². The molecule has 1 heterocycles. The molecule has 4 aliphatic rings. The lowest BCUT2D eigenvalue weighted by Crippen LogP contribution is -2.41. The summed E-state index contributed by atoms with van der Waals surface area (Å²) in [6.45, 7) is 0. The van der Waals surface area contributed by atoms with Crippen LogP contribution in [-0.4, -0.2) is 11.9 Å². The van der Waals surface area contributed by atoms with Crippen molar-refractivity contribution in [2.75, 3.05) is 0 Å². The minimum absolute atomic E-state index is 0.0388. The average Bonchev–Trinajstić information content (AvgIpc) is 3.01. The number of allylic oxidation sites excluding steroid dienone is 2. The number of benzene rings is 2. The van der Waals surface area contributed by atoms with Crippen LogP contribution in [0.1, 0.15) is 35.1 Å². The van der Waals surface area contributed by atoms with Crippen LogP contribution in [0.15, 0.2) is 45.3 Å². The Labute approximate surface area is 185 Å². The van der Waals surface area contributed by atoms with Crippen LogP contribution in [-0.2, 0) is 27.2 Å². The van der Waals surface area contributed by atoms with Gasteiger partial charge in [0.1, 0.15) is 0 Å². The summed E-state index contributed by atoms with van der Waals surface area (Å²) in [5, 5.41) is 0. The van der Waals surface area contributed by atoms with Gasteiger partial charge in [0.2, 0.25) is 0 Å². The highest BCUT2D eigenvalue weighted by Crippen LogP contribution is 2.59. The topological polar surface area (TPSA) is 43.4 Å². The molecule has 146 valence electrons. The lowest BCUT2D eigenvalue weighted by Gasteiger charge is -2.45. The zero-order valence-electron chi connectivity index (χ0n) is 15.6. The van der Waals surface area contributed by atoms with E-state index in [2.05, 4.69) is 68.3 Å². The first-order chi connectivity index (χ1) is 14.0. The molecule has 0 radical (unpaired) electrons. The van der Waals surface area contributed by atoms with Crippen LogP contribution in [0, 0.1) is 23.7 Å². The van der Waals surface area contributed by atoms with Crippen molar-refractivity contribution < 1.29 is 14.3 Å². The Morgan fingerprint density at radius 2 is 1.17 bits per heavy atom. The third kappa shape index (κ3) is 2.53. The monoisotopic (exact) mass is 512 g/mol. The molecule has 6 rings (SSSR count). The first-order valence-corrected chi connectivity index (χ1v) is 11.7. The number of hydrogen-bond donors (Lipinski definition) is 0. The first kappa shape index (κ1) is 18.1. The standard InChI is InChI=1S/C24H18Br2O3/c25-13-5-1-11-3-7-15-19(17(11)9-13)20-16(22-21(15)23(27)29-24(22)28)8-4-12-2-6-14(26)10-18(12)20/h1-2,5-6,9-10,15-16,21-22H,3-4,7-8H2/t15-,16+,21-,22-/m1/s1. The summed E-state index contributed by atoms with van der Waals surface area (Å²) in [5.41, 5.74) is 7.64. The Hall–Kier alpha value is -1.72. The molecule has 2 aromatic rings. The van der Waals surface area contributed by atoms with Gasteiger partial charge in [0.15, 0.2) is 0 Å². The van der Waals surface area contributed by atoms with Crippen molar-refractivity contribution in [3.05, 3.63) is 67.6 Å². The molecule has 1 saturated heterocycles. The van der Waals surface area contributed by atoms with E-state index in [0.717, 1.165) is 34.6 Å². The number of hydrogen-bond acceptors (Lipinski definition) is 3. The van der Waals surface area contributed by atoms with Gasteiger partial charge >= 0.3 is 11.9 Å². The zero-order chi connectivity index (χ0) is 19.9. The zero-order valence-corrected chi connectivity index (χ0v) is 18.8. The predicted molar refractivity (Wildman–Crippen MR) is 117 cm³/mol. The summed E-state index contributed by atoms with van der Waals surface area (Å²) in [5.74, 6) is -1.24. The van der Waals surface area contributed by atoms with Crippen molar-refractivity contribution in [2.24, 2.45) is 23.7 Å². The molecule has 3 nitrogen and oxygen atoms in total. The van der Waals surface area contributed by atoms with Crippen molar-refractivity contribution >= 4 is 54.9 Å². The normalized spacial score (nSPS) is 29.4. The Balaban J connectivity index is 1.70. The average molecular weight is 514 g/mol. The van der Waals surface area contributed by atoms with Crippen LogP contribution < -0.4 is 0 Å². The lowest BCUT2D eigenvalue weighted by molar-refractivity contribution is -0.154. The lowest BCUT2D eigenvalue weighted by atomic mass is 9.56. The Morgan fingerprint density at radius 1 is 0.724 bits per heavy atom. The van der Waals surface area contributed by atoms with Gasteiger partial charge in [-0.3, -0.25) is 9.59 Å². The molecule has 5 heteroatoms. The van der Waals surface area contributed by atoms with E-state index in [0.29, 0.717) is 0 Å². The summed E-state index contributed by atoms with van der Waals surface area (Å²) in [6.07, 6.45) is 3.61. The highest BCUT2D eigenvalue weighted by molar-refractivity contribution is 9.10. The van der Waals surface area contributed by atoms with E-state index in [1.807, 2.05) is 0 Å². The van der Waals surface area contributed by atoms with Gasteiger partial charge in [-0.1, -0.05) is 44.0 Å². The number of esters is 2. The van der Waals surface area contributed by atoms with Gasteiger partial charge in [-0.15, -0.1) is 0 Å². The third-order valence-electron chi connectivity index (χ3n) is 7.20. The molecule has 0 amide bonds. The second-order valence-corrected chi connectivity index (χ2v) is 10.3. The van der Waals surface area contributed by atoms with Gasteiger partial charge in [-0.2, -0.15) is 0 Å². The molecule has 0 saturated carbocycles. The molecular weight excluding hydrogens is 496 g/mol. The molecule has 2 aromatic carbocycles. The van der Waals surface area contributed by atoms with Crippen LogP contribution in [0.25, 0.3) is 11.1 Å². The molecule has 0 unspecified atom stereocenters. The number of carbonyl (C=O) groups is 2. The SMILES string of the molecule is O=C1OC(=O)[C@H]2[C@H]1[C@@H]1CCc3ccc(Br)cc3C1=C1c3cc(Br)ccc3CC[C@@H]12. The van der Waals surface area contributed by atoms with E-state index in [-0.39, 0.29) is 35.6 Å². The van der Waals surface area contributed by atoms with E-state index in [1.165, 1.54) is 33.4 Å². The van der Waals surface area contributed by atoms with E-state index < -0.39 is 0 Å². The van der Waals surface area contributed by atoms with Crippen molar-refractivity contribution in [2.45, 2.75) is 25.7 Å². The maximum absolute atomic E-state index is 12.7. The van der Waals surface area contributed by atoms with Gasteiger partial charge in [-0.05, 0) is 95.2 Å². The van der Waals surface area contributed by atoms with Crippen molar-refractivity contribution in [1.29, 1.82) is 0 Å². The number of ether oxygens (including phenoxy) is 1. The van der Waals surface area contributed by atoms with E-state index in [1.54, 1.807) is 0 Å². The minimum Gasteiger partial charge on any atom is -0.393 e.